The van der Waals surface area contributed by atoms with Gasteiger partial charge in [0.25, 0.3) is 0 Å². The van der Waals surface area contributed by atoms with Crippen LogP contribution in [0.15, 0.2) is 30.3 Å². The highest BCUT2D eigenvalue weighted by Crippen LogP contribution is 2.69. The summed E-state index contributed by atoms with van der Waals surface area (Å²) >= 11 is 0. The number of carbonyl (C=O) groups is 2. The molecule has 0 unspecified atom stereocenters. The number of hydrogen-bond donors (Lipinski definition) is 0. The first-order chi connectivity index (χ1) is 16.9. The van der Waals surface area contributed by atoms with Gasteiger partial charge in [-0.25, -0.2) is 9.59 Å². The van der Waals surface area contributed by atoms with Crippen LogP contribution in [-0.4, -0.2) is 47.0 Å². The molecule has 0 aromatic heterocycles. The van der Waals surface area contributed by atoms with Gasteiger partial charge in [0.2, 0.25) is 0 Å². The normalized spacial score (nSPS) is 34.3. The van der Waals surface area contributed by atoms with E-state index < -0.39 is 17.9 Å². The van der Waals surface area contributed by atoms with Gasteiger partial charge in [-0.2, -0.15) is 0 Å². The molecule has 1 heterocycles. The fraction of sp³-hybridized carbons (Fsp3) is 0.733. The number of hydrogen-bond acceptors (Lipinski definition) is 5. The van der Waals surface area contributed by atoms with Gasteiger partial charge in [0.1, 0.15) is 11.7 Å². The third kappa shape index (κ3) is 4.13. The zero-order chi connectivity index (χ0) is 25.9. The molecule has 0 radical (unpaired) electrons. The van der Waals surface area contributed by atoms with E-state index in [0.29, 0.717) is 11.5 Å². The molecular formula is C30H43NO5. The second-order valence-corrected chi connectivity index (χ2v) is 13.2. The van der Waals surface area contributed by atoms with E-state index in [9.17, 15) is 9.59 Å². The van der Waals surface area contributed by atoms with Gasteiger partial charge in [0.05, 0.1) is 17.7 Å². The zero-order valence-corrected chi connectivity index (χ0v) is 22.8. The molecule has 3 saturated carbocycles. The number of carbonyl (C=O) groups excluding carboxylic acids is 2. The van der Waals surface area contributed by atoms with Gasteiger partial charge in [-0.15, -0.1) is 0 Å². The van der Waals surface area contributed by atoms with Crippen LogP contribution in [0.5, 0.6) is 0 Å². The van der Waals surface area contributed by atoms with Crippen LogP contribution in [0.25, 0.3) is 0 Å². The Morgan fingerprint density at radius 3 is 2.33 bits per heavy atom. The number of fused-ring (bicyclic) bond motifs is 5. The lowest BCUT2D eigenvalue weighted by molar-refractivity contribution is -0.128. The molecular weight excluding hydrogens is 454 g/mol. The zero-order valence-electron chi connectivity index (χ0n) is 22.8. The Hall–Kier alpha value is -2.08. The van der Waals surface area contributed by atoms with Crippen LogP contribution in [0.4, 0.5) is 4.79 Å². The Balaban J connectivity index is 1.52. The summed E-state index contributed by atoms with van der Waals surface area (Å²) in [5.41, 5.74) is -0.147. The second kappa shape index (κ2) is 9.04. The quantitative estimate of drug-likeness (QED) is 0.440. The van der Waals surface area contributed by atoms with E-state index in [4.69, 9.17) is 14.2 Å². The minimum Gasteiger partial charge on any atom is -0.454 e. The van der Waals surface area contributed by atoms with Gasteiger partial charge in [0.15, 0.2) is 6.23 Å². The van der Waals surface area contributed by atoms with E-state index in [2.05, 4.69) is 20.8 Å². The van der Waals surface area contributed by atoms with Crippen molar-refractivity contribution >= 4 is 12.1 Å². The molecule has 5 rings (SSSR count). The minimum atomic E-state index is -0.637. The predicted molar refractivity (Wildman–Crippen MR) is 137 cm³/mol. The van der Waals surface area contributed by atoms with Gasteiger partial charge < -0.3 is 14.2 Å². The minimum absolute atomic E-state index is 0.0502. The van der Waals surface area contributed by atoms with E-state index in [1.165, 1.54) is 6.42 Å². The van der Waals surface area contributed by atoms with Crippen molar-refractivity contribution in [2.75, 3.05) is 0 Å². The van der Waals surface area contributed by atoms with E-state index in [0.717, 1.165) is 38.5 Å². The average Bonchev–Trinajstić information content (AvgIpc) is 3.38. The van der Waals surface area contributed by atoms with Crippen LogP contribution < -0.4 is 0 Å². The summed E-state index contributed by atoms with van der Waals surface area (Å²) in [6.45, 7) is 12.6. The number of nitrogens with zero attached hydrogens (tertiary/aromatic N) is 1. The molecule has 0 N–H and O–H groups in total. The molecule has 3 aliphatic carbocycles. The molecule has 36 heavy (non-hydrogen) atoms. The van der Waals surface area contributed by atoms with Crippen LogP contribution in [-0.2, 0) is 14.2 Å². The molecule has 1 aromatic rings. The summed E-state index contributed by atoms with van der Waals surface area (Å²) in [5, 5.41) is 0. The number of benzene rings is 1. The van der Waals surface area contributed by atoms with Crippen molar-refractivity contribution in [1.29, 1.82) is 0 Å². The Bertz CT molecular complexity index is 979. The largest absolute Gasteiger partial charge is 0.454 e. The van der Waals surface area contributed by atoms with Gasteiger partial charge in [-0.1, -0.05) is 58.2 Å². The predicted octanol–water partition coefficient (Wildman–Crippen LogP) is 6.58. The highest BCUT2D eigenvalue weighted by atomic mass is 16.6. The van der Waals surface area contributed by atoms with Crippen molar-refractivity contribution < 1.29 is 23.8 Å². The van der Waals surface area contributed by atoms with Crippen LogP contribution >= 0.6 is 0 Å². The lowest BCUT2D eigenvalue weighted by Gasteiger charge is -2.45. The fourth-order valence-corrected chi connectivity index (χ4v) is 7.65. The number of esters is 1. The highest BCUT2D eigenvalue weighted by molar-refractivity contribution is 5.89. The molecule has 6 nitrogen and oxygen atoms in total. The molecule has 1 aromatic carbocycles. The summed E-state index contributed by atoms with van der Waals surface area (Å²) in [6.07, 6.45) is 5.88. The molecule has 4 fully saturated rings. The maximum Gasteiger partial charge on any atom is 0.412 e. The SMILES string of the molecule is CC(C)(C)OC(=O)N1[C@H]([C@@H](OC(=O)c2ccccc2)C2CCCCC2)O[C@@H]2[C@H]3CC[C@@](C)([C@@H]21)C3(C)C. The summed E-state index contributed by atoms with van der Waals surface area (Å²) in [4.78, 5) is 29.0. The molecule has 6 atom stereocenters. The van der Waals surface area contributed by atoms with Crippen molar-refractivity contribution in [1.82, 2.24) is 4.90 Å². The van der Waals surface area contributed by atoms with Crippen molar-refractivity contribution in [2.45, 2.75) is 117 Å². The smallest absolute Gasteiger partial charge is 0.412 e. The molecule has 198 valence electrons. The molecule has 1 aliphatic heterocycles. The molecule has 1 amide bonds. The molecule has 1 saturated heterocycles. The van der Waals surface area contributed by atoms with Crippen LogP contribution in [0, 0.1) is 22.7 Å². The molecule has 4 aliphatic rings. The van der Waals surface area contributed by atoms with E-state index >= 15 is 0 Å². The Labute approximate surface area is 216 Å². The van der Waals surface area contributed by atoms with Gasteiger partial charge in [-0.05, 0) is 75.3 Å². The van der Waals surface area contributed by atoms with E-state index in [1.807, 2.05) is 43.9 Å². The number of amides is 1. The molecule has 6 heteroatoms. The van der Waals surface area contributed by atoms with Crippen LogP contribution in [0.2, 0.25) is 0 Å². The number of rotatable bonds is 4. The highest BCUT2D eigenvalue weighted by Gasteiger charge is 2.73. The van der Waals surface area contributed by atoms with Crippen molar-refractivity contribution in [2.24, 2.45) is 22.7 Å². The third-order valence-corrected chi connectivity index (χ3v) is 9.86. The summed E-state index contributed by atoms with van der Waals surface area (Å²) < 4.78 is 19.1. The first-order valence-corrected chi connectivity index (χ1v) is 13.9. The maximum atomic E-state index is 13.9. The summed E-state index contributed by atoms with van der Waals surface area (Å²) in [7, 11) is 0. The van der Waals surface area contributed by atoms with E-state index in [-0.39, 0.29) is 41.0 Å². The lowest BCUT2D eigenvalue weighted by Crippen LogP contribution is -2.56. The fourth-order valence-electron chi connectivity index (χ4n) is 7.65. The summed E-state index contributed by atoms with van der Waals surface area (Å²) in [5.74, 6) is 0.156. The second-order valence-electron chi connectivity index (χ2n) is 13.2. The van der Waals surface area contributed by atoms with Gasteiger partial charge in [0, 0.05) is 5.92 Å². The maximum absolute atomic E-state index is 13.9. The van der Waals surface area contributed by atoms with Crippen LogP contribution in [0.3, 0.4) is 0 Å². The first-order valence-electron chi connectivity index (χ1n) is 13.9. The van der Waals surface area contributed by atoms with Crippen molar-refractivity contribution in [3.63, 3.8) is 0 Å². The lowest BCUT2D eigenvalue weighted by atomic mass is 9.68. The molecule has 2 bridgehead atoms. The first kappa shape index (κ1) is 25.6. The third-order valence-electron chi connectivity index (χ3n) is 9.86. The standard InChI is InChI=1S/C30H43NO5/c1-28(2,3)36-27(33)31-24-23(21-17-18-30(24,6)29(21,4)5)34-25(31)22(19-13-9-7-10-14-19)35-26(32)20-15-11-8-12-16-20/h8,11-12,15-16,19,21-25H,7,9-10,13-14,17-18H2,1-6H3/t21-,22+,23-,24-,25+,30+/m1/s1. The topological polar surface area (TPSA) is 65.1 Å². The Morgan fingerprint density at radius 2 is 1.69 bits per heavy atom. The van der Waals surface area contributed by atoms with Gasteiger partial charge >= 0.3 is 12.1 Å². The average molecular weight is 498 g/mol. The summed E-state index contributed by atoms with van der Waals surface area (Å²) in [6, 6.07) is 9.04. The monoisotopic (exact) mass is 497 g/mol. The Kier molecular flexibility index (Phi) is 6.42. The van der Waals surface area contributed by atoms with Crippen molar-refractivity contribution in [3.8, 4) is 0 Å². The number of ether oxygens (including phenoxy) is 3. The van der Waals surface area contributed by atoms with Crippen molar-refractivity contribution in [3.05, 3.63) is 35.9 Å². The molecule has 0 spiro atoms. The van der Waals surface area contributed by atoms with Gasteiger partial charge in [-0.3, -0.25) is 4.90 Å². The Morgan fingerprint density at radius 1 is 1.03 bits per heavy atom. The van der Waals surface area contributed by atoms with Crippen LogP contribution in [0.1, 0.15) is 96.8 Å². The van der Waals surface area contributed by atoms with E-state index in [1.54, 1.807) is 12.1 Å².